The fourth-order valence-corrected chi connectivity index (χ4v) is 1.77. The van der Waals surface area contributed by atoms with Crippen molar-refractivity contribution in [3.8, 4) is 11.5 Å². The van der Waals surface area contributed by atoms with E-state index in [-0.39, 0.29) is 11.8 Å². The fourth-order valence-electron chi connectivity index (χ4n) is 1.77. The molecular formula is C14H24N2O2. The van der Waals surface area contributed by atoms with Crippen molar-refractivity contribution in [3.05, 3.63) is 23.8 Å². The fraction of sp³-hybridized carbons (Fsp3) is 0.571. The van der Waals surface area contributed by atoms with Crippen molar-refractivity contribution in [2.24, 2.45) is 5.73 Å². The molecule has 0 spiro atoms. The third-order valence-electron chi connectivity index (χ3n) is 2.65. The molecule has 18 heavy (non-hydrogen) atoms. The predicted molar refractivity (Wildman–Crippen MR) is 74.1 cm³/mol. The van der Waals surface area contributed by atoms with E-state index >= 15 is 0 Å². The highest BCUT2D eigenvalue weighted by Crippen LogP contribution is 2.27. The molecule has 0 aliphatic carbocycles. The molecule has 0 aromatic heterocycles. The van der Waals surface area contributed by atoms with E-state index in [1.807, 2.05) is 26.0 Å². The number of benzene rings is 1. The van der Waals surface area contributed by atoms with Gasteiger partial charge in [0, 0.05) is 18.6 Å². The van der Waals surface area contributed by atoms with Gasteiger partial charge in [0.2, 0.25) is 0 Å². The molecule has 1 aromatic carbocycles. The minimum absolute atomic E-state index is 0.159. The highest BCUT2D eigenvalue weighted by atomic mass is 16.5. The van der Waals surface area contributed by atoms with Crippen LogP contribution in [0.1, 0.15) is 26.3 Å². The van der Waals surface area contributed by atoms with Crippen LogP contribution >= 0.6 is 0 Å². The summed E-state index contributed by atoms with van der Waals surface area (Å²) in [5, 5.41) is 13.0. The van der Waals surface area contributed by atoms with Crippen molar-refractivity contribution in [3.63, 3.8) is 0 Å². The van der Waals surface area contributed by atoms with E-state index in [1.54, 1.807) is 6.07 Å². The maximum Gasteiger partial charge on any atom is 0.161 e. The summed E-state index contributed by atoms with van der Waals surface area (Å²) in [5.74, 6) is 0.742. The van der Waals surface area contributed by atoms with Gasteiger partial charge < -0.3 is 20.9 Å². The molecule has 0 heterocycles. The van der Waals surface area contributed by atoms with Crippen LogP contribution in [-0.4, -0.2) is 30.3 Å². The lowest BCUT2D eigenvalue weighted by molar-refractivity contribution is 0.317. The van der Waals surface area contributed by atoms with Gasteiger partial charge in [-0.1, -0.05) is 6.07 Å². The first-order valence-electron chi connectivity index (χ1n) is 6.46. The first kappa shape index (κ1) is 14.8. The molecule has 4 heteroatoms. The van der Waals surface area contributed by atoms with E-state index in [4.69, 9.17) is 10.5 Å². The molecule has 0 amide bonds. The van der Waals surface area contributed by atoms with Crippen LogP contribution in [0.4, 0.5) is 0 Å². The molecule has 1 rings (SSSR count). The zero-order chi connectivity index (χ0) is 13.5. The summed E-state index contributed by atoms with van der Waals surface area (Å²) in [5.41, 5.74) is 6.84. The van der Waals surface area contributed by atoms with Gasteiger partial charge in [0.25, 0.3) is 0 Å². The first-order valence-corrected chi connectivity index (χ1v) is 6.46. The zero-order valence-corrected chi connectivity index (χ0v) is 11.4. The third-order valence-corrected chi connectivity index (χ3v) is 2.65. The van der Waals surface area contributed by atoms with Crippen LogP contribution in [0.25, 0.3) is 0 Å². The van der Waals surface area contributed by atoms with Gasteiger partial charge in [0.1, 0.15) is 0 Å². The Morgan fingerprint density at radius 1 is 1.39 bits per heavy atom. The number of nitrogens with two attached hydrogens (primary N) is 1. The second-order valence-electron chi connectivity index (χ2n) is 4.73. The molecule has 0 saturated heterocycles. The van der Waals surface area contributed by atoms with Crippen LogP contribution in [-0.2, 0) is 6.42 Å². The molecular weight excluding hydrogens is 228 g/mol. The van der Waals surface area contributed by atoms with Crippen molar-refractivity contribution >= 4 is 0 Å². The van der Waals surface area contributed by atoms with Gasteiger partial charge in [-0.25, -0.2) is 0 Å². The first-order chi connectivity index (χ1) is 8.52. The van der Waals surface area contributed by atoms with Gasteiger partial charge in [-0.3, -0.25) is 0 Å². The molecule has 102 valence electrons. The lowest BCUT2D eigenvalue weighted by Crippen LogP contribution is -2.37. The largest absolute Gasteiger partial charge is 0.504 e. The van der Waals surface area contributed by atoms with Crippen molar-refractivity contribution in [2.75, 3.05) is 13.2 Å². The van der Waals surface area contributed by atoms with E-state index in [2.05, 4.69) is 12.2 Å². The van der Waals surface area contributed by atoms with Crippen LogP contribution in [0.3, 0.4) is 0 Å². The van der Waals surface area contributed by atoms with Gasteiger partial charge in [0.15, 0.2) is 11.5 Å². The number of aromatic hydroxyl groups is 1. The number of hydrogen-bond donors (Lipinski definition) is 3. The summed E-state index contributed by atoms with van der Waals surface area (Å²) < 4.78 is 5.37. The van der Waals surface area contributed by atoms with Gasteiger partial charge in [-0.2, -0.15) is 0 Å². The molecule has 0 fully saturated rings. The summed E-state index contributed by atoms with van der Waals surface area (Å²) >= 11 is 0. The van der Waals surface area contributed by atoms with Crippen LogP contribution in [0.2, 0.25) is 0 Å². The molecule has 0 aliphatic heterocycles. The SMILES string of the molecule is CCOc1cc(CC(C)NCC(C)N)ccc1O. The Bertz CT molecular complexity index is 367. The lowest BCUT2D eigenvalue weighted by Gasteiger charge is -2.16. The third kappa shape index (κ3) is 4.94. The number of ether oxygens (including phenoxy) is 1. The Labute approximate surface area is 109 Å². The zero-order valence-electron chi connectivity index (χ0n) is 11.4. The standard InChI is InChI=1S/C14H24N2O2/c1-4-18-14-8-12(5-6-13(14)17)7-11(3)16-9-10(2)15/h5-6,8,10-11,16-17H,4,7,9,15H2,1-3H3. The molecule has 1 aromatic rings. The van der Waals surface area contributed by atoms with Crippen LogP contribution in [0, 0.1) is 0 Å². The van der Waals surface area contributed by atoms with Crippen LogP contribution in [0.15, 0.2) is 18.2 Å². The molecule has 4 N–H and O–H groups in total. The number of hydrogen-bond acceptors (Lipinski definition) is 4. The smallest absolute Gasteiger partial charge is 0.161 e. The molecule has 2 unspecified atom stereocenters. The van der Waals surface area contributed by atoms with E-state index in [0.29, 0.717) is 18.4 Å². The molecule has 0 saturated carbocycles. The number of rotatable bonds is 7. The average molecular weight is 252 g/mol. The van der Waals surface area contributed by atoms with Gasteiger partial charge in [-0.05, 0) is 44.9 Å². The van der Waals surface area contributed by atoms with Crippen LogP contribution < -0.4 is 15.8 Å². The minimum Gasteiger partial charge on any atom is -0.504 e. The van der Waals surface area contributed by atoms with Crippen LogP contribution in [0.5, 0.6) is 11.5 Å². The number of phenols is 1. The van der Waals surface area contributed by atoms with Gasteiger partial charge >= 0.3 is 0 Å². The summed E-state index contributed by atoms with van der Waals surface area (Å²) in [7, 11) is 0. The molecule has 2 atom stereocenters. The predicted octanol–water partition coefficient (Wildman–Crippen LogP) is 1.66. The molecule has 0 aliphatic rings. The number of nitrogens with one attached hydrogen (secondary N) is 1. The molecule has 0 bridgehead atoms. The van der Waals surface area contributed by atoms with E-state index < -0.39 is 0 Å². The maximum atomic E-state index is 9.62. The Balaban J connectivity index is 2.58. The maximum absolute atomic E-state index is 9.62. The topological polar surface area (TPSA) is 67.5 Å². The van der Waals surface area contributed by atoms with Gasteiger partial charge in [-0.15, -0.1) is 0 Å². The monoisotopic (exact) mass is 252 g/mol. The average Bonchev–Trinajstić information content (AvgIpc) is 2.31. The summed E-state index contributed by atoms with van der Waals surface area (Å²) in [6, 6.07) is 5.99. The Morgan fingerprint density at radius 2 is 2.11 bits per heavy atom. The van der Waals surface area contributed by atoms with E-state index in [9.17, 15) is 5.11 Å². The van der Waals surface area contributed by atoms with Crippen molar-refractivity contribution < 1.29 is 9.84 Å². The quantitative estimate of drug-likeness (QED) is 0.690. The van der Waals surface area contributed by atoms with E-state index in [1.165, 1.54) is 0 Å². The lowest BCUT2D eigenvalue weighted by atomic mass is 10.1. The van der Waals surface area contributed by atoms with Crippen molar-refractivity contribution in [1.29, 1.82) is 0 Å². The Morgan fingerprint density at radius 3 is 2.72 bits per heavy atom. The minimum atomic E-state index is 0.159. The summed E-state index contributed by atoms with van der Waals surface area (Å²) in [6.07, 6.45) is 0.882. The highest BCUT2D eigenvalue weighted by Gasteiger charge is 2.07. The van der Waals surface area contributed by atoms with Crippen molar-refractivity contribution in [2.45, 2.75) is 39.3 Å². The van der Waals surface area contributed by atoms with E-state index in [0.717, 1.165) is 18.5 Å². The van der Waals surface area contributed by atoms with Gasteiger partial charge in [0.05, 0.1) is 6.61 Å². The highest BCUT2D eigenvalue weighted by molar-refractivity contribution is 5.42. The Hall–Kier alpha value is -1.26. The second-order valence-corrected chi connectivity index (χ2v) is 4.73. The molecule has 0 radical (unpaired) electrons. The number of phenolic OH excluding ortho intramolecular Hbond substituents is 1. The Kier molecular flexibility index (Phi) is 5.95. The summed E-state index contributed by atoms with van der Waals surface area (Å²) in [6.45, 7) is 7.36. The summed E-state index contributed by atoms with van der Waals surface area (Å²) in [4.78, 5) is 0. The molecule has 4 nitrogen and oxygen atoms in total. The second kappa shape index (κ2) is 7.24. The van der Waals surface area contributed by atoms with Crippen molar-refractivity contribution in [1.82, 2.24) is 5.32 Å². The normalized spacial score (nSPS) is 14.2.